The highest BCUT2D eigenvalue weighted by Gasteiger charge is 2.25. The van der Waals surface area contributed by atoms with Gasteiger partial charge in [0.25, 0.3) is 0 Å². The van der Waals surface area contributed by atoms with E-state index in [0.29, 0.717) is 0 Å². The normalized spacial score (nSPS) is 16.8. The third-order valence-corrected chi connectivity index (χ3v) is 3.53. The van der Waals surface area contributed by atoms with Crippen LogP contribution in [0.3, 0.4) is 0 Å². The van der Waals surface area contributed by atoms with Crippen molar-refractivity contribution in [1.29, 1.82) is 0 Å². The van der Waals surface area contributed by atoms with Crippen molar-refractivity contribution in [2.75, 3.05) is 26.2 Å². The molecule has 1 atom stereocenters. The monoisotopic (exact) mass is 344 g/mol. The Hall–Kier alpha value is -0.390. The van der Waals surface area contributed by atoms with Gasteiger partial charge in [0.1, 0.15) is 11.6 Å². The fraction of sp³-hybridized carbons (Fsp3) is 0.385. The summed E-state index contributed by atoms with van der Waals surface area (Å²) in [7, 11) is 0. The largest absolute Gasteiger partial charge is 0.314 e. The van der Waals surface area contributed by atoms with Crippen molar-refractivity contribution in [3.8, 4) is 0 Å². The summed E-state index contributed by atoms with van der Waals surface area (Å²) in [5.74, 6) is -1.10. The molecule has 0 unspecified atom stereocenters. The zero-order chi connectivity index (χ0) is 13.1. The second-order valence-electron chi connectivity index (χ2n) is 4.22. The molecule has 1 heterocycles. The topological polar surface area (TPSA) is 15.3 Å². The number of nitrogens with one attached hydrogen (secondary N) is 1. The number of halogens is 5. The summed E-state index contributed by atoms with van der Waals surface area (Å²) < 4.78 is 27.3. The minimum atomic E-state index is -0.602. The van der Waals surface area contributed by atoms with Crippen molar-refractivity contribution in [3.63, 3.8) is 0 Å². The van der Waals surface area contributed by atoms with Crippen molar-refractivity contribution < 1.29 is 8.78 Å². The minimum absolute atomic E-state index is 0. The maximum absolute atomic E-state index is 13.9. The van der Waals surface area contributed by atoms with E-state index >= 15 is 0 Å². The molecule has 0 amide bonds. The SMILES string of the molecule is C=C[C@@H](c1c(F)ccc(F)c1Cl)N1CCNCC1.Cl.Cl. The Bertz CT molecular complexity index is 451. The van der Waals surface area contributed by atoms with E-state index < -0.39 is 17.7 Å². The minimum Gasteiger partial charge on any atom is -0.314 e. The first-order chi connectivity index (χ1) is 8.65. The fourth-order valence-electron chi connectivity index (χ4n) is 2.22. The lowest BCUT2D eigenvalue weighted by Crippen LogP contribution is -2.44. The van der Waals surface area contributed by atoms with E-state index in [0.717, 1.165) is 38.3 Å². The Morgan fingerprint density at radius 1 is 1.20 bits per heavy atom. The number of hydrogen-bond acceptors (Lipinski definition) is 2. The van der Waals surface area contributed by atoms with Crippen molar-refractivity contribution in [1.82, 2.24) is 10.2 Å². The number of rotatable bonds is 3. The van der Waals surface area contributed by atoms with Gasteiger partial charge in [-0.1, -0.05) is 17.7 Å². The van der Waals surface area contributed by atoms with Crippen LogP contribution in [0.4, 0.5) is 8.78 Å². The molecule has 2 nitrogen and oxygen atoms in total. The first kappa shape index (κ1) is 19.6. The molecule has 1 aliphatic heterocycles. The number of nitrogens with zero attached hydrogens (tertiary/aromatic N) is 1. The highest BCUT2D eigenvalue weighted by Crippen LogP contribution is 2.32. The van der Waals surface area contributed by atoms with Crippen LogP contribution in [0.2, 0.25) is 5.02 Å². The lowest BCUT2D eigenvalue weighted by atomic mass is 10.0. The zero-order valence-electron chi connectivity index (χ0n) is 10.7. The first-order valence-corrected chi connectivity index (χ1v) is 6.23. The van der Waals surface area contributed by atoms with E-state index in [9.17, 15) is 8.78 Å². The van der Waals surface area contributed by atoms with Gasteiger partial charge in [-0.25, -0.2) is 8.78 Å². The Labute approximate surface area is 135 Å². The van der Waals surface area contributed by atoms with Gasteiger partial charge in [0.15, 0.2) is 0 Å². The molecule has 1 saturated heterocycles. The average Bonchev–Trinajstić information content (AvgIpc) is 2.40. The van der Waals surface area contributed by atoms with Gasteiger partial charge in [-0.2, -0.15) is 0 Å². The quantitative estimate of drug-likeness (QED) is 0.665. The second-order valence-corrected chi connectivity index (χ2v) is 4.60. The predicted molar refractivity (Wildman–Crippen MR) is 83.2 cm³/mol. The van der Waals surface area contributed by atoms with E-state index in [4.69, 9.17) is 11.6 Å². The summed E-state index contributed by atoms with van der Waals surface area (Å²) in [5, 5.41) is 3.05. The second kappa shape index (κ2) is 8.80. The van der Waals surface area contributed by atoms with Gasteiger partial charge in [-0.3, -0.25) is 4.90 Å². The standard InChI is InChI=1S/C13H15ClF2N2.2ClH/c1-2-11(18-7-5-17-6-8-18)12-9(15)3-4-10(16)13(12)14;;/h2-4,11,17H,1,5-8H2;2*1H/t11-;;/m0../s1. The molecule has 1 fully saturated rings. The summed E-state index contributed by atoms with van der Waals surface area (Å²) >= 11 is 5.89. The lowest BCUT2D eigenvalue weighted by molar-refractivity contribution is 0.200. The lowest BCUT2D eigenvalue weighted by Gasteiger charge is -2.34. The molecule has 2 rings (SSSR count). The van der Waals surface area contributed by atoms with Crippen LogP contribution in [0.1, 0.15) is 11.6 Å². The van der Waals surface area contributed by atoms with Gasteiger partial charge in [0, 0.05) is 31.7 Å². The summed E-state index contributed by atoms with van der Waals surface area (Å²) in [6.45, 7) is 6.86. The molecule has 0 aliphatic carbocycles. The average molecular weight is 346 g/mol. The van der Waals surface area contributed by atoms with E-state index in [1.807, 2.05) is 4.90 Å². The fourth-order valence-corrected chi connectivity index (χ4v) is 2.49. The molecule has 0 bridgehead atoms. The maximum Gasteiger partial charge on any atom is 0.142 e. The summed E-state index contributed by atoms with van der Waals surface area (Å²) in [6.07, 6.45) is 1.61. The molecule has 114 valence electrons. The van der Waals surface area contributed by atoms with Crippen LogP contribution in [-0.2, 0) is 0 Å². The Balaban J connectivity index is 0.00000180. The smallest absolute Gasteiger partial charge is 0.142 e. The van der Waals surface area contributed by atoms with E-state index in [-0.39, 0.29) is 35.4 Å². The van der Waals surface area contributed by atoms with Gasteiger partial charge in [-0.05, 0) is 12.1 Å². The number of benzene rings is 1. The van der Waals surface area contributed by atoms with Crippen LogP contribution in [0.5, 0.6) is 0 Å². The van der Waals surface area contributed by atoms with Gasteiger partial charge >= 0.3 is 0 Å². The Kier molecular flexibility index (Phi) is 8.63. The van der Waals surface area contributed by atoms with E-state index in [1.54, 1.807) is 6.08 Å². The van der Waals surface area contributed by atoms with Crippen molar-refractivity contribution >= 4 is 36.4 Å². The number of piperazine rings is 1. The van der Waals surface area contributed by atoms with Crippen molar-refractivity contribution in [3.05, 3.63) is 47.0 Å². The van der Waals surface area contributed by atoms with E-state index in [1.165, 1.54) is 0 Å². The molecule has 7 heteroatoms. The molecule has 0 spiro atoms. The molecule has 0 aromatic heterocycles. The Morgan fingerprint density at radius 3 is 2.30 bits per heavy atom. The molecule has 1 aliphatic rings. The summed E-state index contributed by atoms with van der Waals surface area (Å²) in [5.41, 5.74) is 0.175. The van der Waals surface area contributed by atoms with Crippen LogP contribution in [0.15, 0.2) is 24.8 Å². The predicted octanol–water partition coefficient (Wildman–Crippen LogP) is 3.59. The molecule has 1 N–H and O–H groups in total. The van der Waals surface area contributed by atoms with Crippen LogP contribution < -0.4 is 5.32 Å². The van der Waals surface area contributed by atoms with Crippen LogP contribution in [-0.4, -0.2) is 31.1 Å². The third kappa shape index (κ3) is 4.06. The molecule has 20 heavy (non-hydrogen) atoms. The van der Waals surface area contributed by atoms with Crippen molar-refractivity contribution in [2.24, 2.45) is 0 Å². The molecule has 0 saturated carbocycles. The highest BCUT2D eigenvalue weighted by atomic mass is 35.5. The molecular formula is C13H17Cl3F2N2. The maximum atomic E-state index is 13.9. The van der Waals surface area contributed by atoms with Gasteiger partial charge in [0.2, 0.25) is 0 Å². The summed E-state index contributed by atoms with van der Waals surface area (Å²) in [4.78, 5) is 2.03. The zero-order valence-corrected chi connectivity index (χ0v) is 13.1. The molecule has 1 aromatic rings. The highest BCUT2D eigenvalue weighted by molar-refractivity contribution is 6.31. The van der Waals surface area contributed by atoms with Crippen molar-refractivity contribution in [2.45, 2.75) is 6.04 Å². The van der Waals surface area contributed by atoms with Gasteiger partial charge in [0.05, 0.1) is 11.1 Å². The summed E-state index contributed by atoms with van der Waals surface area (Å²) in [6, 6.07) is 1.75. The Morgan fingerprint density at radius 2 is 1.75 bits per heavy atom. The van der Waals surface area contributed by atoms with E-state index in [2.05, 4.69) is 11.9 Å². The number of hydrogen-bond donors (Lipinski definition) is 1. The van der Waals surface area contributed by atoms with Gasteiger partial charge < -0.3 is 5.32 Å². The molecule has 0 radical (unpaired) electrons. The van der Waals surface area contributed by atoms with Gasteiger partial charge in [-0.15, -0.1) is 31.4 Å². The molecule has 1 aromatic carbocycles. The first-order valence-electron chi connectivity index (χ1n) is 5.86. The van der Waals surface area contributed by atoms with Crippen LogP contribution in [0, 0.1) is 11.6 Å². The molecular weight excluding hydrogens is 329 g/mol. The third-order valence-electron chi connectivity index (χ3n) is 3.14. The van der Waals surface area contributed by atoms with Crippen LogP contribution >= 0.6 is 36.4 Å². The van der Waals surface area contributed by atoms with Crippen LogP contribution in [0.25, 0.3) is 0 Å².